The zero-order valence-electron chi connectivity index (χ0n) is 8.07. The Hall–Kier alpha value is -1.83. The second kappa shape index (κ2) is 5.02. The highest BCUT2D eigenvalue weighted by molar-refractivity contribution is 5.90. The summed E-state index contributed by atoms with van der Waals surface area (Å²) in [6.45, 7) is 5.32. The minimum Gasteiger partial charge on any atom is -0.423 e. The first kappa shape index (κ1) is 10.3. The molecule has 0 saturated heterocycles. The lowest BCUT2D eigenvalue weighted by Crippen LogP contribution is -2.03. The molecule has 0 aliphatic carbocycles. The van der Waals surface area contributed by atoms with Crippen LogP contribution in [-0.4, -0.2) is 5.97 Å². The van der Waals surface area contributed by atoms with Crippen LogP contribution >= 0.6 is 0 Å². The van der Waals surface area contributed by atoms with Crippen molar-refractivity contribution in [2.75, 3.05) is 0 Å². The number of esters is 1. The maximum Gasteiger partial charge on any atom is 0.343 e. The van der Waals surface area contributed by atoms with Crippen LogP contribution in [0.3, 0.4) is 0 Å². The minimum atomic E-state index is -0.362. The number of benzene rings is 1. The molecule has 0 bridgehead atoms. The van der Waals surface area contributed by atoms with E-state index in [1.165, 1.54) is 6.08 Å². The maximum atomic E-state index is 11.5. The molecular weight excluding hydrogens is 176 g/mol. The Labute approximate surface area is 83.5 Å². The normalized spacial score (nSPS) is 10.8. The predicted octanol–water partition coefficient (Wildman–Crippen LogP) is 2.93. The number of allylic oxidation sites excluding steroid dienone is 2. The van der Waals surface area contributed by atoms with Gasteiger partial charge in [0.2, 0.25) is 0 Å². The molecule has 0 amide bonds. The van der Waals surface area contributed by atoms with Crippen molar-refractivity contribution in [2.24, 2.45) is 0 Å². The van der Waals surface area contributed by atoms with Crippen molar-refractivity contribution in [1.82, 2.24) is 0 Å². The molecule has 0 heterocycles. The van der Waals surface area contributed by atoms with E-state index in [9.17, 15) is 4.79 Å². The minimum absolute atomic E-state index is 0.362. The number of rotatable bonds is 3. The summed E-state index contributed by atoms with van der Waals surface area (Å²) >= 11 is 0. The zero-order valence-corrected chi connectivity index (χ0v) is 8.07. The van der Waals surface area contributed by atoms with Crippen molar-refractivity contribution < 1.29 is 9.53 Å². The maximum absolute atomic E-state index is 11.5. The van der Waals surface area contributed by atoms with Crippen molar-refractivity contribution in [2.45, 2.75) is 6.92 Å². The monoisotopic (exact) mass is 188 g/mol. The summed E-state index contributed by atoms with van der Waals surface area (Å²) in [5.41, 5.74) is 0.536. The lowest BCUT2D eigenvalue weighted by molar-refractivity contribution is 0.0636. The third kappa shape index (κ3) is 2.59. The van der Waals surface area contributed by atoms with Crippen LogP contribution in [0.25, 0.3) is 0 Å². The fourth-order valence-electron chi connectivity index (χ4n) is 0.959. The number of carbonyl (C=O) groups excluding carboxylic acids is 1. The standard InChI is InChI=1S/C12H12O2/c1-3-11(4-2)14-12(13)10-8-6-5-7-9-10/h3-9H,1H2,2H3/b11-4+. The van der Waals surface area contributed by atoms with Gasteiger partial charge in [-0.05, 0) is 31.2 Å². The summed E-state index contributed by atoms with van der Waals surface area (Å²) in [6.07, 6.45) is 3.19. The summed E-state index contributed by atoms with van der Waals surface area (Å²) in [5.74, 6) is 0.109. The van der Waals surface area contributed by atoms with Gasteiger partial charge in [0.25, 0.3) is 0 Å². The van der Waals surface area contributed by atoms with Gasteiger partial charge in [-0.3, -0.25) is 0 Å². The van der Waals surface area contributed by atoms with Crippen molar-refractivity contribution in [1.29, 1.82) is 0 Å². The van der Waals surface area contributed by atoms with Gasteiger partial charge in [-0.15, -0.1) is 0 Å². The van der Waals surface area contributed by atoms with E-state index >= 15 is 0 Å². The van der Waals surface area contributed by atoms with Crippen LogP contribution in [0.4, 0.5) is 0 Å². The molecule has 0 N–H and O–H groups in total. The first-order chi connectivity index (χ1) is 6.77. The third-order valence-electron chi connectivity index (χ3n) is 1.71. The quantitative estimate of drug-likeness (QED) is 0.414. The van der Waals surface area contributed by atoms with Crippen molar-refractivity contribution >= 4 is 5.97 Å². The zero-order chi connectivity index (χ0) is 10.4. The van der Waals surface area contributed by atoms with E-state index in [0.717, 1.165) is 0 Å². The van der Waals surface area contributed by atoms with Crippen molar-refractivity contribution in [3.05, 3.63) is 60.4 Å². The SMILES string of the molecule is C=C/C(=C\C)OC(=O)c1ccccc1. The molecular formula is C12H12O2. The summed E-state index contributed by atoms with van der Waals surface area (Å²) in [4.78, 5) is 11.5. The predicted molar refractivity (Wildman–Crippen MR) is 55.8 cm³/mol. The summed E-state index contributed by atoms with van der Waals surface area (Å²) in [7, 11) is 0. The molecule has 0 atom stereocenters. The van der Waals surface area contributed by atoms with Gasteiger partial charge in [0, 0.05) is 0 Å². The average molecular weight is 188 g/mol. The molecule has 14 heavy (non-hydrogen) atoms. The highest BCUT2D eigenvalue weighted by Gasteiger charge is 2.06. The molecule has 0 aromatic heterocycles. The van der Waals surface area contributed by atoms with Crippen molar-refractivity contribution in [3.63, 3.8) is 0 Å². The molecule has 0 radical (unpaired) electrons. The molecule has 0 unspecified atom stereocenters. The van der Waals surface area contributed by atoms with Gasteiger partial charge in [0.05, 0.1) is 5.56 Å². The summed E-state index contributed by atoms with van der Waals surface area (Å²) in [6, 6.07) is 8.85. The largest absolute Gasteiger partial charge is 0.423 e. The van der Waals surface area contributed by atoms with Crippen LogP contribution in [0.5, 0.6) is 0 Å². The van der Waals surface area contributed by atoms with Crippen LogP contribution in [0.1, 0.15) is 17.3 Å². The van der Waals surface area contributed by atoms with E-state index in [2.05, 4.69) is 6.58 Å². The second-order valence-electron chi connectivity index (χ2n) is 2.65. The first-order valence-corrected chi connectivity index (χ1v) is 4.34. The molecule has 0 aliphatic heterocycles. The Balaban J connectivity index is 2.73. The Morgan fingerprint density at radius 1 is 1.36 bits per heavy atom. The van der Waals surface area contributed by atoms with Crippen LogP contribution in [0.2, 0.25) is 0 Å². The molecule has 72 valence electrons. The molecule has 2 nitrogen and oxygen atoms in total. The molecule has 1 aromatic carbocycles. The smallest absolute Gasteiger partial charge is 0.343 e. The molecule has 1 rings (SSSR count). The fraction of sp³-hybridized carbons (Fsp3) is 0.0833. The Morgan fingerprint density at radius 3 is 2.50 bits per heavy atom. The Kier molecular flexibility index (Phi) is 3.68. The third-order valence-corrected chi connectivity index (χ3v) is 1.71. The first-order valence-electron chi connectivity index (χ1n) is 4.34. The Bertz CT molecular complexity index is 350. The van der Waals surface area contributed by atoms with Gasteiger partial charge in [0.1, 0.15) is 5.76 Å². The second-order valence-corrected chi connectivity index (χ2v) is 2.65. The van der Waals surface area contributed by atoms with Gasteiger partial charge in [-0.25, -0.2) is 4.79 Å². The van der Waals surface area contributed by atoms with E-state index in [-0.39, 0.29) is 5.97 Å². The molecule has 2 heteroatoms. The molecule has 0 saturated carbocycles. The number of carbonyl (C=O) groups is 1. The van der Waals surface area contributed by atoms with Gasteiger partial charge in [-0.2, -0.15) is 0 Å². The average Bonchev–Trinajstić information content (AvgIpc) is 2.26. The highest BCUT2D eigenvalue weighted by Crippen LogP contribution is 2.06. The van der Waals surface area contributed by atoms with E-state index in [1.54, 1.807) is 37.3 Å². The molecule has 1 aromatic rings. The van der Waals surface area contributed by atoms with Gasteiger partial charge in [-0.1, -0.05) is 24.8 Å². The van der Waals surface area contributed by atoms with Crippen LogP contribution in [-0.2, 0) is 4.74 Å². The van der Waals surface area contributed by atoms with Gasteiger partial charge in [0.15, 0.2) is 0 Å². The number of ether oxygens (including phenoxy) is 1. The Morgan fingerprint density at radius 2 is 2.00 bits per heavy atom. The van der Waals surface area contributed by atoms with Crippen LogP contribution in [0.15, 0.2) is 54.8 Å². The van der Waals surface area contributed by atoms with Crippen LogP contribution < -0.4 is 0 Å². The van der Waals surface area contributed by atoms with Crippen LogP contribution in [0, 0.1) is 0 Å². The van der Waals surface area contributed by atoms with E-state index in [0.29, 0.717) is 11.3 Å². The van der Waals surface area contributed by atoms with E-state index in [1.807, 2.05) is 6.07 Å². The van der Waals surface area contributed by atoms with Gasteiger partial charge < -0.3 is 4.74 Å². The topological polar surface area (TPSA) is 26.3 Å². The highest BCUT2D eigenvalue weighted by atomic mass is 16.5. The van der Waals surface area contributed by atoms with E-state index < -0.39 is 0 Å². The number of hydrogen-bond acceptors (Lipinski definition) is 2. The lowest BCUT2D eigenvalue weighted by Gasteiger charge is -2.03. The number of hydrogen-bond donors (Lipinski definition) is 0. The summed E-state index contributed by atoms with van der Waals surface area (Å²) in [5, 5.41) is 0. The van der Waals surface area contributed by atoms with Crippen molar-refractivity contribution in [3.8, 4) is 0 Å². The lowest BCUT2D eigenvalue weighted by atomic mass is 10.2. The molecule has 0 aliphatic rings. The summed E-state index contributed by atoms with van der Waals surface area (Å²) < 4.78 is 5.04. The molecule has 0 spiro atoms. The molecule has 0 fully saturated rings. The van der Waals surface area contributed by atoms with Gasteiger partial charge >= 0.3 is 5.97 Å². The van der Waals surface area contributed by atoms with E-state index in [4.69, 9.17) is 4.74 Å². The fourth-order valence-corrected chi connectivity index (χ4v) is 0.959.